The summed E-state index contributed by atoms with van der Waals surface area (Å²) in [6, 6.07) is 36.4. The van der Waals surface area contributed by atoms with Crippen molar-refractivity contribution in [3.8, 4) is 0 Å². The smallest absolute Gasteiger partial charge is 0.323 e. The molecular formula is C51H51N3O6S3. The second-order valence-electron chi connectivity index (χ2n) is 16.5. The molecule has 63 heavy (non-hydrogen) atoms. The van der Waals surface area contributed by atoms with E-state index < -0.39 is 24.0 Å². The second-order valence-corrected chi connectivity index (χ2v) is 19.2. The van der Waals surface area contributed by atoms with Crippen LogP contribution < -0.4 is 19.7 Å². The van der Waals surface area contributed by atoms with E-state index in [9.17, 15) is 24.3 Å². The summed E-state index contributed by atoms with van der Waals surface area (Å²) in [5.41, 5.74) is 8.59. The lowest BCUT2D eigenvalue weighted by atomic mass is 9.95. The van der Waals surface area contributed by atoms with Gasteiger partial charge in [0, 0.05) is 36.3 Å². The zero-order valence-corrected chi connectivity index (χ0v) is 37.6. The number of rotatable bonds is 18. The van der Waals surface area contributed by atoms with Crippen molar-refractivity contribution in [2.24, 2.45) is 0 Å². The molecule has 0 spiro atoms. The Kier molecular flexibility index (Phi) is 14.2. The van der Waals surface area contributed by atoms with E-state index in [0.29, 0.717) is 43.3 Å². The van der Waals surface area contributed by atoms with E-state index in [1.54, 1.807) is 4.90 Å². The van der Waals surface area contributed by atoms with Gasteiger partial charge in [-0.05, 0) is 95.5 Å². The highest BCUT2D eigenvalue weighted by atomic mass is 32.2. The highest BCUT2D eigenvalue weighted by Gasteiger charge is 2.42. The minimum Gasteiger partial charge on any atom is -0.481 e. The number of thiazole rings is 1. The van der Waals surface area contributed by atoms with Crippen LogP contribution in [0.15, 0.2) is 108 Å². The number of nitrogens with zero attached hydrogens (tertiary/aromatic N) is 3. The van der Waals surface area contributed by atoms with Gasteiger partial charge in [0.05, 0.1) is 4.53 Å². The fourth-order valence-corrected chi connectivity index (χ4v) is 11.8. The molecule has 0 bridgehead atoms. The van der Waals surface area contributed by atoms with E-state index in [2.05, 4.69) is 95.9 Å². The van der Waals surface area contributed by atoms with Crippen LogP contribution in [0, 0.1) is 0 Å². The van der Waals surface area contributed by atoms with Gasteiger partial charge < -0.3 is 15.1 Å². The molecule has 324 valence electrons. The van der Waals surface area contributed by atoms with Crippen molar-refractivity contribution in [3.63, 3.8) is 0 Å². The molecule has 3 aliphatic rings. The molecule has 2 N–H and O–H groups in total. The summed E-state index contributed by atoms with van der Waals surface area (Å²) in [4.78, 5) is 54.7. The number of carboxylic acid groups (broad SMARTS) is 2. The zero-order chi connectivity index (χ0) is 43.9. The Labute approximate surface area is 381 Å². The number of aromatic nitrogens is 1. The Hall–Kier alpha value is -5.56. The molecule has 1 amide bonds. The van der Waals surface area contributed by atoms with Crippen LogP contribution >= 0.6 is 35.3 Å². The van der Waals surface area contributed by atoms with Crippen molar-refractivity contribution in [1.82, 2.24) is 9.47 Å². The first-order valence-electron chi connectivity index (χ1n) is 21.9. The quantitative estimate of drug-likeness (QED) is 0.0504. The number of fused-ring (bicyclic) bond motifs is 3. The first-order chi connectivity index (χ1) is 30.7. The van der Waals surface area contributed by atoms with Gasteiger partial charge in [-0.15, -0.1) is 11.3 Å². The fraction of sp³-hybridized carbons (Fsp3) is 0.314. The molecule has 1 saturated heterocycles. The lowest BCUT2D eigenvalue weighted by molar-refractivity contribution is -0.138. The molecule has 1 aromatic heterocycles. The van der Waals surface area contributed by atoms with Crippen molar-refractivity contribution >= 4 is 91.5 Å². The Morgan fingerprint density at radius 3 is 2.03 bits per heavy atom. The molecule has 12 heteroatoms. The average molecular weight is 898 g/mol. The van der Waals surface area contributed by atoms with Gasteiger partial charge in [-0.25, -0.2) is 0 Å². The molecule has 4 aromatic carbocycles. The second kappa shape index (κ2) is 20.3. The Bertz CT molecular complexity index is 2670. The van der Waals surface area contributed by atoms with Crippen molar-refractivity contribution < 1.29 is 24.6 Å². The number of carbonyl (C=O) groups excluding carboxylic acids is 1. The number of unbranched alkanes of at least 4 members (excludes halogenated alkanes) is 7. The van der Waals surface area contributed by atoms with Crippen LogP contribution in [-0.4, -0.2) is 54.4 Å². The third-order valence-electron chi connectivity index (χ3n) is 12.2. The summed E-state index contributed by atoms with van der Waals surface area (Å²) in [5, 5.41) is 18.6. The summed E-state index contributed by atoms with van der Waals surface area (Å²) >= 11 is 7.90. The predicted octanol–water partition coefficient (Wildman–Crippen LogP) is 9.76. The van der Waals surface area contributed by atoms with Crippen LogP contribution in [-0.2, 0) is 20.9 Å². The Balaban J connectivity index is 1.01. The average Bonchev–Trinajstić information content (AvgIpc) is 4.03. The van der Waals surface area contributed by atoms with Crippen LogP contribution in [0.3, 0.4) is 0 Å². The van der Waals surface area contributed by atoms with E-state index in [1.165, 1.54) is 21.4 Å². The number of hydrogen-bond acceptors (Lipinski definition) is 8. The largest absolute Gasteiger partial charge is 0.481 e. The van der Waals surface area contributed by atoms with Crippen LogP contribution in [0.5, 0.6) is 0 Å². The maximum absolute atomic E-state index is 13.9. The fourth-order valence-electron chi connectivity index (χ4n) is 9.21. The molecule has 1 aliphatic carbocycles. The van der Waals surface area contributed by atoms with E-state index in [4.69, 9.17) is 17.3 Å². The number of carbonyl (C=O) groups is 3. The highest BCUT2D eigenvalue weighted by Crippen LogP contribution is 2.52. The number of thioether (sulfide) groups is 1. The molecule has 0 radical (unpaired) electrons. The third-order valence-corrected chi connectivity index (χ3v) is 14.9. The van der Waals surface area contributed by atoms with E-state index in [0.717, 1.165) is 115 Å². The lowest BCUT2D eigenvalue weighted by Crippen LogP contribution is -2.35. The van der Waals surface area contributed by atoms with Crippen LogP contribution in [0.25, 0.3) is 22.6 Å². The van der Waals surface area contributed by atoms with Crippen molar-refractivity contribution in [2.45, 2.75) is 95.6 Å². The molecule has 2 fully saturated rings. The standard InChI is InChI=1S/C51H51N3O6S3/c55-45(56)22-13-5-3-1-2-4-6-14-29-52-49(60)47(63-51(52)61)50-53(33-46(57)58)48(59)44(62-50)32-35-25-28-43-41(31-35)39-20-15-21-42(39)54(43)38-26-23-34(24-27-38)30-40(36-16-9-7-10-17-36)37-18-11-8-12-19-37/h7-12,16-19,23-28,30-32,39,42H,1-6,13-15,20-22,29,33H2,(H,55,56)(H,57,58)/b44-32+,50-47+. The van der Waals surface area contributed by atoms with Gasteiger partial charge in [-0.2, -0.15) is 0 Å². The van der Waals surface area contributed by atoms with Crippen molar-refractivity contribution in [1.29, 1.82) is 0 Å². The number of benzene rings is 4. The molecule has 2 unspecified atom stereocenters. The van der Waals surface area contributed by atoms with E-state index >= 15 is 0 Å². The van der Waals surface area contributed by atoms with Gasteiger partial charge in [-0.3, -0.25) is 28.6 Å². The summed E-state index contributed by atoms with van der Waals surface area (Å²) < 4.78 is 2.29. The van der Waals surface area contributed by atoms with Gasteiger partial charge in [0.2, 0.25) is 0 Å². The number of thiocarbonyl (C=S) groups is 1. The molecular weight excluding hydrogens is 847 g/mol. The zero-order valence-electron chi connectivity index (χ0n) is 35.1. The minimum absolute atomic E-state index is 0.218. The van der Waals surface area contributed by atoms with Gasteiger partial charge in [0.1, 0.15) is 20.4 Å². The maximum atomic E-state index is 13.9. The molecule has 2 atom stereocenters. The topological polar surface area (TPSA) is 120 Å². The summed E-state index contributed by atoms with van der Waals surface area (Å²) in [5.74, 6) is -1.86. The Morgan fingerprint density at radius 1 is 0.746 bits per heavy atom. The minimum atomic E-state index is -1.16. The predicted molar refractivity (Wildman–Crippen MR) is 259 cm³/mol. The molecule has 1 saturated carbocycles. The number of hydrogen-bond donors (Lipinski definition) is 2. The lowest BCUT2D eigenvalue weighted by Gasteiger charge is -2.27. The van der Waals surface area contributed by atoms with Crippen molar-refractivity contribution in [3.05, 3.63) is 150 Å². The molecule has 2 aliphatic heterocycles. The van der Waals surface area contributed by atoms with E-state index in [-0.39, 0.29) is 12.3 Å². The summed E-state index contributed by atoms with van der Waals surface area (Å²) in [7, 11) is 0. The first kappa shape index (κ1) is 44.1. The summed E-state index contributed by atoms with van der Waals surface area (Å²) in [6.07, 6.45) is 15.1. The van der Waals surface area contributed by atoms with E-state index in [1.807, 2.05) is 24.3 Å². The molecule has 9 nitrogen and oxygen atoms in total. The normalized spacial score (nSPS) is 17.9. The van der Waals surface area contributed by atoms with Crippen LogP contribution in [0.2, 0.25) is 0 Å². The third kappa shape index (κ3) is 10.1. The molecule has 3 heterocycles. The number of carboxylic acids is 2. The summed E-state index contributed by atoms with van der Waals surface area (Å²) in [6.45, 7) is -0.102. The number of aliphatic carboxylic acids is 2. The van der Waals surface area contributed by atoms with Crippen LogP contribution in [0.4, 0.5) is 11.4 Å². The SMILES string of the molecule is O=C(O)CCCCCCCCCCN1C(=O)/C(=c2\s/c(=C/c3ccc4c(c3)C3CCCC3N4c3ccc(C=C(c4ccccc4)c4ccccc4)cc3)c(=O)n2CC(=O)O)SC1=S. The maximum Gasteiger partial charge on any atom is 0.323 e. The van der Waals surface area contributed by atoms with Crippen molar-refractivity contribution in [2.75, 3.05) is 11.4 Å². The molecule has 8 rings (SSSR count). The highest BCUT2D eigenvalue weighted by molar-refractivity contribution is 8.30. The van der Waals surface area contributed by atoms with Gasteiger partial charge in [0.25, 0.3) is 11.5 Å². The van der Waals surface area contributed by atoms with Gasteiger partial charge in [0.15, 0.2) is 0 Å². The monoisotopic (exact) mass is 897 g/mol. The van der Waals surface area contributed by atoms with Gasteiger partial charge >= 0.3 is 11.9 Å². The van der Waals surface area contributed by atoms with Gasteiger partial charge in [-0.1, -0.05) is 148 Å². The number of anilines is 2. The Morgan fingerprint density at radius 2 is 1.38 bits per heavy atom. The molecule has 5 aromatic rings. The number of amides is 1. The van der Waals surface area contributed by atoms with Crippen LogP contribution in [0.1, 0.15) is 111 Å². The first-order valence-corrected chi connectivity index (χ1v) is 24.0.